The number of aryl methyl sites for hydroxylation is 1. The largest absolute Gasteiger partial charge is 0.409 e. The van der Waals surface area contributed by atoms with Gasteiger partial charge in [-0.1, -0.05) is 5.16 Å². The van der Waals surface area contributed by atoms with Crippen LogP contribution in [0.2, 0.25) is 0 Å². The van der Waals surface area contributed by atoms with Gasteiger partial charge in [0.1, 0.15) is 4.88 Å². The Morgan fingerprint density at radius 3 is 3.06 bits per heavy atom. The molecule has 1 aliphatic heterocycles. The Balaban J connectivity index is 2.21. The Morgan fingerprint density at radius 2 is 2.44 bits per heavy atom. The predicted octanol–water partition coefficient (Wildman–Crippen LogP) is 1.19. The molecule has 0 aromatic carbocycles. The summed E-state index contributed by atoms with van der Waals surface area (Å²) < 4.78 is 0. The summed E-state index contributed by atoms with van der Waals surface area (Å²) in [5, 5.41) is 12.7. The minimum absolute atomic E-state index is 0.0862. The minimum Gasteiger partial charge on any atom is -0.409 e. The predicted molar refractivity (Wildman–Crippen MR) is 68.9 cm³/mol. The van der Waals surface area contributed by atoms with Crippen LogP contribution in [0.3, 0.4) is 0 Å². The third kappa shape index (κ3) is 2.45. The summed E-state index contributed by atoms with van der Waals surface area (Å²) in [4.78, 5) is 18.7. The molecule has 6 nitrogen and oxygen atoms in total. The highest BCUT2D eigenvalue weighted by molar-refractivity contribution is 7.13. The van der Waals surface area contributed by atoms with Gasteiger partial charge in [-0.15, -0.1) is 11.3 Å². The highest BCUT2D eigenvalue weighted by atomic mass is 32.1. The van der Waals surface area contributed by atoms with Gasteiger partial charge >= 0.3 is 0 Å². The molecule has 1 amide bonds. The van der Waals surface area contributed by atoms with Crippen molar-refractivity contribution < 1.29 is 10.0 Å². The Hall–Kier alpha value is -1.63. The summed E-state index contributed by atoms with van der Waals surface area (Å²) >= 11 is 1.37. The van der Waals surface area contributed by atoms with E-state index in [1.807, 2.05) is 6.92 Å². The van der Waals surface area contributed by atoms with Crippen molar-refractivity contribution in [1.29, 1.82) is 0 Å². The molecule has 1 aromatic rings. The summed E-state index contributed by atoms with van der Waals surface area (Å²) in [5.74, 6) is 0.0150. The summed E-state index contributed by atoms with van der Waals surface area (Å²) in [6, 6.07) is -0.307. The summed E-state index contributed by atoms with van der Waals surface area (Å²) in [7, 11) is 0. The molecule has 1 aromatic heterocycles. The quantitative estimate of drug-likeness (QED) is 0.365. The van der Waals surface area contributed by atoms with Crippen LogP contribution in [0.4, 0.5) is 0 Å². The van der Waals surface area contributed by atoms with Gasteiger partial charge in [0.15, 0.2) is 5.84 Å². The van der Waals surface area contributed by atoms with E-state index in [1.54, 1.807) is 11.1 Å². The van der Waals surface area contributed by atoms with E-state index in [1.165, 1.54) is 11.3 Å². The fraction of sp³-hybridized carbons (Fsp3) is 0.545. The number of carbonyl (C=O) groups excluding carboxylic acids is 1. The molecule has 2 heterocycles. The molecule has 0 aliphatic carbocycles. The SMILES string of the molecule is Cc1ncc(C(=O)N2CCCCC2/C(N)=N/O)s1. The molecule has 0 bridgehead atoms. The van der Waals surface area contributed by atoms with Crippen molar-refractivity contribution in [3.8, 4) is 0 Å². The third-order valence-corrected chi connectivity index (χ3v) is 3.95. The number of carbonyl (C=O) groups is 1. The number of hydrogen-bond donors (Lipinski definition) is 2. The lowest BCUT2D eigenvalue weighted by atomic mass is 10.0. The Kier molecular flexibility index (Phi) is 3.81. The van der Waals surface area contributed by atoms with E-state index in [0.29, 0.717) is 11.4 Å². The van der Waals surface area contributed by atoms with Crippen LogP contribution in [0.15, 0.2) is 11.4 Å². The Bertz CT molecular complexity index is 471. The van der Waals surface area contributed by atoms with Crippen molar-refractivity contribution in [2.45, 2.75) is 32.2 Å². The van der Waals surface area contributed by atoms with Gasteiger partial charge in [-0.3, -0.25) is 4.79 Å². The molecule has 18 heavy (non-hydrogen) atoms. The Morgan fingerprint density at radius 1 is 1.67 bits per heavy atom. The van der Waals surface area contributed by atoms with Gasteiger partial charge in [-0.25, -0.2) is 4.98 Å². The lowest BCUT2D eigenvalue weighted by Crippen LogP contribution is -2.50. The molecule has 0 saturated carbocycles. The van der Waals surface area contributed by atoms with E-state index in [0.717, 1.165) is 24.3 Å². The van der Waals surface area contributed by atoms with Crippen molar-refractivity contribution in [3.63, 3.8) is 0 Å². The number of nitrogens with two attached hydrogens (primary N) is 1. The molecule has 1 aliphatic rings. The molecule has 1 saturated heterocycles. The molecular weight excluding hydrogens is 252 g/mol. The molecular formula is C11H16N4O2S. The smallest absolute Gasteiger partial charge is 0.266 e. The first-order valence-corrected chi connectivity index (χ1v) is 6.66. The topological polar surface area (TPSA) is 91.8 Å². The first kappa shape index (κ1) is 12.8. The van der Waals surface area contributed by atoms with Gasteiger partial charge in [-0.2, -0.15) is 0 Å². The number of amidine groups is 1. The first-order chi connectivity index (χ1) is 8.63. The highest BCUT2D eigenvalue weighted by Gasteiger charge is 2.31. The number of rotatable bonds is 2. The lowest BCUT2D eigenvalue weighted by molar-refractivity contribution is 0.0681. The van der Waals surface area contributed by atoms with Crippen LogP contribution >= 0.6 is 11.3 Å². The van der Waals surface area contributed by atoms with E-state index in [2.05, 4.69) is 10.1 Å². The van der Waals surface area contributed by atoms with E-state index in [4.69, 9.17) is 10.9 Å². The second kappa shape index (κ2) is 5.34. The molecule has 2 rings (SSSR count). The maximum Gasteiger partial charge on any atom is 0.266 e. The second-order valence-corrected chi connectivity index (χ2v) is 5.51. The number of hydrogen-bond acceptors (Lipinski definition) is 5. The maximum absolute atomic E-state index is 12.3. The number of thiazole rings is 1. The molecule has 7 heteroatoms. The summed E-state index contributed by atoms with van der Waals surface area (Å²) in [6.45, 7) is 2.50. The van der Waals surface area contributed by atoms with Gasteiger partial charge in [0, 0.05) is 6.54 Å². The number of piperidine rings is 1. The summed E-state index contributed by atoms with van der Waals surface area (Å²) in [6.07, 6.45) is 4.24. The number of oxime groups is 1. The van der Waals surface area contributed by atoms with Crippen LogP contribution < -0.4 is 5.73 Å². The standard InChI is InChI=1S/C11H16N4O2S/c1-7-13-6-9(18-7)11(16)15-5-3-2-4-8(15)10(12)14-17/h6,8,17H,2-5H2,1H3,(H2,12,14). The minimum atomic E-state index is -0.307. The van der Waals surface area contributed by atoms with Gasteiger partial charge in [0.05, 0.1) is 17.2 Å². The number of nitrogens with zero attached hydrogens (tertiary/aromatic N) is 3. The van der Waals surface area contributed by atoms with Gasteiger partial charge in [0.2, 0.25) is 0 Å². The molecule has 3 N–H and O–H groups in total. The van der Waals surface area contributed by atoms with Crippen molar-refractivity contribution in [3.05, 3.63) is 16.1 Å². The molecule has 0 radical (unpaired) electrons. The molecule has 1 fully saturated rings. The van der Waals surface area contributed by atoms with Crippen LogP contribution in [0.5, 0.6) is 0 Å². The fourth-order valence-electron chi connectivity index (χ4n) is 2.15. The average Bonchev–Trinajstić information content (AvgIpc) is 2.83. The van der Waals surface area contributed by atoms with Crippen LogP contribution in [-0.4, -0.2) is 39.4 Å². The van der Waals surface area contributed by atoms with Crippen LogP contribution in [0.1, 0.15) is 33.9 Å². The van der Waals surface area contributed by atoms with E-state index in [-0.39, 0.29) is 17.8 Å². The number of likely N-dealkylation sites (tertiary alicyclic amines) is 1. The molecule has 1 atom stereocenters. The zero-order valence-corrected chi connectivity index (χ0v) is 11.0. The van der Waals surface area contributed by atoms with E-state index < -0.39 is 0 Å². The average molecular weight is 268 g/mol. The molecule has 1 unspecified atom stereocenters. The zero-order chi connectivity index (χ0) is 13.1. The van der Waals surface area contributed by atoms with Gasteiger partial charge in [0.25, 0.3) is 5.91 Å². The van der Waals surface area contributed by atoms with Crippen LogP contribution in [0, 0.1) is 6.92 Å². The first-order valence-electron chi connectivity index (χ1n) is 5.84. The lowest BCUT2D eigenvalue weighted by Gasteiger charge is -2.34. The van der Waals surface area contributed by atoms with Crippen molar-refractivity contribution in [1.82, 2.24) is 9.88 Å². The Labute approximate surface area is 109 Å². The van der Waals surface area contributed by atoms with Gasteiger partial charge < -0.3 is 15.8 Å². The van der Waals surface area contributed by atoms with Crippen molar-refractivity contribution >= 4 is 23.1 Å². The monoisotopic (exact) mass is 268 g/mol. The second-order valence-electron chi connectivity index (χ2n) is 4.28. The molecule has 98 valence electrons. The maximum atomic E-state index is 12.3. The van der Waals surface area contributed by atoms with Crippen LogP contribution in [-0.2, 0) is 0 Å². The van der Waals surface area contributed by atoms with E-state index >= 15 is 0 Å². The van der Waals surface area contributed by atoms with Crippen molar-refractivity contribution in [2.75, 3.05) is 6.54 Å². The van der Waals surface area contributed by atoms with Gasteiger partial charge in [-0.05, 0) is 26.2 Å². The van der Waals surface area contributed by atoms with Crippen LogP contribution in [0.25, 0.3) is 0 Å². The fourth-order valence-corrected chi connectivity index (χ4v) is 2.88. The number of amides is 1. The molecule has 0 spiro atoms. The summed E-state index contributed by atoms with van der Waals surface area (Å²) in [5.41, 5.74) is 5.65. The van der Waals surface area contributed by atoms with E-state index in [9.17, 15) is 4.79 Å². The number of aromatic nitrogens is 1. The zero-order valence-electron chi connectivity index (χ0n) is 10.2. The third-order valence-electron chi connectivity index (χ3n) is 3.05. The highest BCUT2D eigenvalue weighted by Crippen LogP contribution is 2.22. The normalized spacial score (nSPS) is 21.1. The van der Waals surface area contributed by atoms with Crippen molar-refractivity contribution in [2.24, 2.45) is 10.9 Å².